The fourth-order valence-corrected chi connectivity index (χ4v) is 2.42. The zero-order valence-electron chi connectivity index (χ0n) is 11.4. The molecule has 1 aromatic carbocycles. The maximum absolute atomic E-state index is 12.0. The fourth-order valence-electron chi connectivity index (χ4n) is 2.42. The predicted molar refractivity (Wildman–Crippen MR) is 74.2 cm³/mol. The molecule has 1 aliphatic rings. The predicted octanol–water partition coefficient (Wildman–Crippen LogP) is 1.75. The SMILES string of the molecule is CC(Cc1ccccc1)OC(=O)C1CCN(N)CC1. The Hall–Kier alpha value is -1.39. The van der Waals surface area contributed by atoms with Crippen molar-refractivity contribution in [2.45, 2.75) is 32.3 Å². The van der Waals surface area contributed by atoms with E-state index in [4.69, 9.17) is 10.6 Å². The summed E-state index contributed by atoms with van der Waals surface area (Å²) in [6, 6.07) is 10.1. The van der Waals surface area contributed by atoms with Gasteiger partial charge in [0.15, 0.2) is 0 Å². The van der Waals surface area contributed by atoms with Crippen LogP contribution in [0, 0.1) is 5.92 Å². The second-order valence-electron chi connectivity index (χ2n) is 5.25. The van der Waals surface area contributed by atoms with E-state index in [0.29, 0.717) is 0 Å². The lowest BCUT2D eigenvalue weighted by atomic mass is 9.98. The molecule has 4 nitrogen and oxygen atoms in total. The standard InChI is InChI=1S/C15H22N2O2/c1-12(11-13-5-3-2-4-6-13)19-15(18)14-7-9-17(16)10-8-14/h2-6,12,14H,7-11,16H2,1H3. The van der Waals surface area contributed by atoms with Crippen LogP contribution in [0.1, 0.15) is 25.3 Å². The summed E-state index contributed by atoms with van der Waals surface area (Å²) in [6.45, 7) is 3.49. The zero-order valence-corrected chi connectivity index (χ0v) is 11.4. The average molecular weight is 262 g/mol. The van der Waals surface area contributed by atoms with Crippen LogP contribution in [-0.2, 0) is 16.0 Å². The summed E-state index contributed by atoms with van der Waals surface area (Å²) < 4.78 is 5.53. The number of piperidine rings is 1. The lowest BCUT2D eigenvalue weighted by Gasteiger charge is -2.28. The highest BCUT2D eigenvalue weighted by atomic mass is 16.5. The van der Waals surface area contributed by atoms with Crippen molar-refractivity contribution in [1.29, 1.82) is 0 Å². The van der Waals surface area contributed by atoms with Crippen LogP contribution in [-0.4, -0.2) is 30.2 Å². The second-order valence-corrected chi connectivity index (χ2v) is 5.25. The number of carbonyl (C=O) groups is 1. The minimum absolute atomic E-state index is 0.0121. The van der Waals surface area contributed by atoms with E-state index < -0.39 is 0 Å². The van der Waals surface area contributed by atoms with Gasteiger partial charge in [0, 0.05) is 19.5 Å². The summed E-state index contributed by atoms with van der Waals surface area (Å²) in [4.78, 5) is 12.0. The molecule has 1 fully saturated rings. The van der Waals surface area contributed by atoms with Crippen LogP contribution in [0.5, 0.6) is 0 Å². The first-order valence-electron chi connectivity index (χ1n) is 6.89. The minimum atomic E-state index is -0.0780. The van der Waals surface area contributed by atoms with Gasteiger partial charge < -0.3 is 4.74 Å². The second kappa shape index (κ2) is 6.68. The van der Waals surface area contributed by atoms with E-state index >= 15 is 0 Å². The molecule has 19 heavy (non-hydrogen) atoms. The van der Waals surface area contributed by atoms with Crippen LogP contribution in [0.2, 0.25) is 0 Å². The van der Waals surface area contributed by atoms with E-state index in [1.807, 2.05) is 25.1 Å². The third-order valence-corrected chi connectivity index (χ3v) is 3.55. The van der Waals surface area contributed by atoms with Crippen LogP contribution in [0.4, 0.5) is 0 Å². The highest BCUT2D eigenvalue weighted by Crippen LogP contribution is 2.18. The number of benzene rings is 1. The smallest absolute Gasteiger partial charge is 0.309 e. The largest absolute Gasteiger partial charge is 0.462 e. The van der Waals surface area contributed by atoms with E-state index in [1.165, 1.54) is 5.56 Å². The molecule has 0 aliphatic carbocycles. The van der Waals surface area contributed by atoms with E-state index in [0.717, 1.165) is 32.4 Å². The molecule has 1 aromatic rings. The Morgan fingerprint density at radius 3 is 2.63 bits per heavy atom. The van der Waals surface area contributed by atoms with Crippen molar-refractivity contribution in [3.05, 3.63) is 35.9 Å². The van der Waals surface area contributed by atoms with E-state index in [1.54, 1.807) is 5.01 Å². The Kier molecular flexibility index (Phi) is 4.93. The summed E-state index contributed by atoms with van der Waals surface area (Å²) in [5.74, 6) is 5.62. The molecule has 0 bridgehead atoms. The number of nitrogens with zero attached hydrogens (tertiary/aromatic N) is 1. The van der Waals surface area contributed by atoms with Crippen molar-refractivity contribution < 1.29 is 9.53 Å². The molecular weight excluding hydrogens is 240 g/mol. The number of carbonyl (C=O) groups excluding carboxylic acids is 1. The number of hydrazine groups is 1. The van der Waals surface area contributed by atoms with Crippen molar-refractivity contribution in [2.75, 3.05) is 13.1 Å². The van der Waals surface area contributed by atoms with Gasteiger partial charge in [0.25, 0.3) is 0 Å². The molecule has 104 valence electrons. The van der Waals surface area contributed by atoms with E-state index in [9.17, 15) is 4.79 Å². The van der Waals surface area contributed by atoms with Gasteiger partial charge in [-0.3, -0.25) is 10.6 Å². The molecule has 2 N–H and O–H groups in total. The number of esters is 1. The molecule has 0 saturated carbocycles. The Labute approximate surface area is 114 Å². The van der Waals surface area contributed by atoms with Crippen molar-refractivity contribution >= 4 is 5.97 Å². The normalized spacial score (nSPS) is 19.1. The molecule has 1 aliphatic heterocycles. The van der Waals surface area contributed by atoms with Gasteiger partial charge in [-0.2, -0.15) is 0 Å². The summed E-state index contributed by atoms with van der Waals surface area (Å²) in [7, 11) is 0. The lowest BCUT2D eigenvalue weighted by Crippen LogP contribution is -2.41. The number of rotatable bonds is 4. The molecule has 0 amide bonds. The van der Waals surface area contributed by atoms with Gasteiger partial charge in [0.2, 0.25) is 0 Å². The molecule has 1 unspecified atom stereocenters. The number of hydrogen-bond acceptors (Lipinski definition) is 4. The Balaban J connectivity index is 1.78. The topological polar surface area (TPSA) is 55.6 Å². The average Bonchev–Trinajstić information content (AvgIpc) is 2.40. The van der Waals surface area contributed by atoms with E-state index in [-0.39, 0.29) is 18.0 Å². The number of hydrogen-bond donors (Lipinski definition) is 1. The highest BCUT2D eigenvalue weighted by molar-refractivity contribution is 5.72. The Bertz CT molecular complexity index is 400. The molecule has 0 aromatic heterocycles. The monoisotopic (exact) mass is 262 g/mol. The molecule has 0 spiro atoms. The van der Waals surface area contributed by atoms with Crippen LogP contribution in [0.15, 0.2) is 30.3 Å². The maximum atomic E-state index is 12.0. The number of ether oxygens (including phenoxy) is 1. The van der Waals surface area contributed by atoms with Crippen molar-refractivity contribution in [1.82, 2.24) is 5.01 Å². The molecular formula is C15H22N2O2. The molecule has 4 heteroatoms. The van der Waals surface area contributed by atoms with Gasteiger partial charge in [-0.15, -0.1) is 0 Å². The summed E-state index contributed by atoms with van der Waals surface area (Å²) in [5, 5.41) is 1.76. The first-order valence-corrected chi connectivity index (χ1v) is 6.89. The van der Waals surface area contributed by atoms with Crippen LogP contribution in [0.3, 0.4) is 0 Å². The third kappa shape index (κ3) is 4.33. The van der Waals surface area contributed by atoms with E-state index in [2.05, 4.69) is 12.1 Å². The van der Waals surface area contributed by atoms with Gasteiger partial charge in [0.1, 0.15) is 6.10 Å². The molecule has 1 atom stereocenters. The van der Waals surface area contributed by atoms with Crippen molar-refractivity contribution in [3.8, 4) is 0 Å². The van der Waals surface area contributed by atoms with Gasteiger partial charge in [-0.25, -0.2) is 5.01 Å². The lowest BCUT2D eigenvalue weighted by molar-refractivity contribution is -0.154. The summed E-state index contributed by atoms with van der Waals surface area (Å²) in [5.41, 5.74) is 1.19. The van der Waals surface area contributed by atoms with Gasteiger partial charge in [-0.1, -0.05) is 30.3 Å². The zero-order chi connectivity index (χ0) is 13.7. The third-order valence-electron chi connectivity index (χ3n) is 3.55. The van der Waals surface area contributed by atoms with Crippen LogP contribution in [0.25, 0.3) is 0 Å². The minimum Gasteiger partial charge on any atom is -0.462 e. The molecule has 1 saturated heterocycles. The Morgan fingerprint density at radius 1 is 1.37 bits per heavy atom. The van der Waals surface area contributed by atoms with Gasteiger partial charge in [0.05, 0.1) is 5.92 Å². The van der Waals surface area contributed by atoms with Crippen molar-refractivity contribution in [2.24, 2.45) is 11.8 Å². The quantitative estimate of drug-likeness (QED) is 0.663. The first kappa shape index (κ1) is 14.0. The van der Waals surface area contributed by atoms with Crippen molar-refractivity contribution in [3.63, 3.8) is 0 Å². The molecule has 0 radical (unpaired) electrons. The Morgan fingerprint density at radius 2 is 2.00 bits per heavy atom. The summed E-state index contributed by atoms with van der Waals surface area (Å²) >= 11 is 0. The van der Waals surface area contributed by atoms with Gasteiger partial charge >= 0.3 is 5.97 Å². The highest BCUT2D eigenvalue weighted by Gasteiger charge is 2.26. The fraction of sp³-hybridized carbons (Fsp3) is 0.533. The molecule has 1 heterocycles. The van der Waals surface area contributed by atoms with Crippen LogP contribution < -0.4 is 5.84 Å². The summed E-state index contributed by atoms with van der Waals surface area (Å²) in [6.07, 6.45) is 2.29. The first-order chi connectivity index (χ1) is 9.15. The van der Waals surface area contributed by atoms with Gasteiger partial charge in [-0.05, 0) is 25.3 Å². The molecule has 2 rings (SSSR count). The van der Waals surface area contributed by atoms with Crippen LogP contribution >= 0.6 is 0 Å². The maximum Gasteiger partial charge on any atom is 0.309 e. The number of nitrogens with two attached hydrogens (primary N) is 1.